The quantitative estimate of drug-likeness (QED) is 0.233. The van der Waals surface area contributed by atoms with Gasteiger partial charge in [0.2, 0.25) is 0 Å². The van der Waals surface area contributed by atoms with E-state index in [-0.39, 0.29) is 30.1 Å². The summed E-state index contributed by atoms with van der Waals surface area (Å²) in [6.07, 6.45) is -3.36. The van der Waals surface area contributed by atoms with Gasteiger partial charge in [-0.15, -0.1) is 0 Å². The van der Waals surface area contributed by atoms with Gasteiger partial charge in [-0.2, -0.15) is 13.2 Å². The van der Waals surface area contributed by atoms with Gasteiger partial charge in [-0.3, -0.25) is 15.0 Å². The van der Waals surface area contributed by atoms with E-state index >= 15 is 0 Å². The maximum Gasteiger partial charge on any atom is 0.419 e. The molecule has 0 fully saturated rings. The molecule has 1 aromatic rings. The van der Waals surface area contributed by atoms with Crippen LogP contribution in [0.4, 0.5) is 17.6 Å². The smallest absolute Gasteiger partial charge is 0.419 e. The second kappa shape index (κ2) is 9.87. The van der Waals surface area contributed by atoms with Crippen LogP contribution in [0, 0.1) is 11.2 Å². The number of aliphatic imine (C=N–C) groups is 1. The molecule has 0 saturated carbocycles. The molecule has 0 aliphatic carbocycles. The number of allylic oxidation sites excluding steroid dienone is 1. The highest BCUT2D eigenvalue weighted by molar-refractivity contribution is 6.25. The van der Waals surface area contributed by atoms with Gasteiger partial charge in [0.05, 0.1) is 24.4 Å². The highest BCUT2D eigenvalue weighted by Gasteiger charge is 2.34. The summed E-state index contributed by atoms with van der Waals surface area (Å²) in [5, 5.41) is 22.5. The molecule has 1 aliphatic heterocycles. The summed E-state index contributed by atoms with van der Waals surface area (Å²) in [4.78, 5) is 27.6. The van der Waals surface area contributed by atoms with Crippen molar-refractivity contribution in [1.29, 1.82) is 5.41 Å². The van der Waals surface area contributed by atoms with Crippen molar-refractivity contribution in [3.8, 4) is 0 Å². The molecule has 2 rings (SSSR count). The molecule has 1 amide bonds. The first-order chi connectivity index (χ1) is 14.6. The van der Waals surface area contributed by atoms with Crippen molar-refractivity contribution in [3.05, 3.63) is 52.6 Å². The van der Waals surface area contributed by atoms with Crippen molar-refractivity contribution in [3.63, 3.8) is 0 Å². The summed E-state index contributed by atoms with van der Waals surface area (Å²) in [6.45, 7) is 0.910. The number of nitrogens with one attached hydrogen (secondary N) is 3. The topological polar surface area (TPSA) is 124 Å². The lowest BCUT2D eigenvalue weighted by atomic mass is 10.1. The summed E-state index contributed by atoms with van der Waals surface area (Å²) in [7, 11) is 0. The molecule has 0 unspecified atom stereocenters. The molecule has 166 valence electrons. The number of amides is 1. The Morgan fingerprint density at radius 2 is 2.10 bits per heavy atom. The van der Waals surface area contributed by atoms with Crippen molar-refractivity contribution < 1.29 is 37.0 Å². The third kappa shape index (κ3) is 5.90. The van der Waals surface area contributed by atoms with Gasteiger partial charge in [0.15, 0.2) is 0 Å². The van der Waals surface area contributed by atoms with Crippen LogP contribution < -0.4 is 10.6 Å². The highest BCUT2D eigenvalue weighted by Crippen LogP contribution is 2.33. The average Bonchev–Trinajstić information content (AvgIpc) is 2.85. The van der Waals surface area contributed by atoms with Crippen LogP contribution in [-0.2, 0) is 20.5 Å². The summed E-state index contributed by atoms with van der Waals surface area (Å²) >= 11 is 0. The zero-order valence-electron chi connectivity index (χ0n) is 16.1. The molecule has 0 saturated heterocycles. The molecule has 31 heavy (non-hydrogen) atoms. The molecule has 0 spiro atoms. The summed E-state index contributed by atoms with van der Waals surface area (Å²) in [5.41, 5.74) is -2.16. The second-order valence-electron chi connectivity index (χ2n) is 6.06. The van der Waals surface area contributed by atoms with E-state index in [0.717, 1.165) is 12.1 Å². The molecule has 1 heterocycles. The van der Waals surface area contributed by atoms with Gasteiger partial charge in [0.1, 0.15) is 30.0 Å². The van der Waals surface area contributed by atoms with Crippen molar-refractivity contribution in [2.24, 2.45) is 4.99 Å². The number of carbonyl (C=O) groups excluding carboxylic acids is 2. The standard InChI is InChI=1S/C19H18F4N4O4/c1-2-31-16(29)8-26-18(30)17-14(27-9-24)7-25-13(6-15(17)28)10-3-4-12(20)11(5-10)19(21,22)23/h3-6,9,24-25,28H,2,7-8H2,1H3,(H,26,30). The van der Waals surface area contributed by atoms with E-state index in [9.17, 15) is 32.3 Å². The fourth-order valence-electron chi connectivity index (χ4n) is 2.66. The molecule has 12 heteroatoms. The van der Waals surface area contributed by atoms with Crippen LogP contribution in [0.15, 0.2) is 40.6 Å². The molecular weight excluding hydrogens is 424 g/mol. The van der Waals surface area contributed by atoms with E-state index in [1.54, 1.807) is 6.92 Å². The van der Waals surface area contributed by atoms with Crippen LogP contribution in [0.5, 0.6) is 0 Å². The minimum atomic E-state index is -4.94. The van der Waals surface area contributed by atoms with Crippen molar-refractivity contribution >= 4 is 29.6 Å². The number of nitrogens with zero attached hydrogens (tertiary/aromatic N) is 1. The number of aliphatic hydroxyl groups is 1. The van der Waals surface area contributed by atoms with E-state index < -0.39 is 47.3 Å². The molecule has 0 bridgehead atoms. The van der Waals surface area contributed by atoms with Crippen LogP contribution in [-0.4, -0.2) is 48.7 Å². The minimum absolute atomic E-state index is 0.0473. The van der Waals surface area contributed by atoms with Gasteiger partial charge < -0.3 is 20.5 Å². The summed E-state index contributed by atoms with van der Waals surface area (Å²) in [5.74, 6) is -3.79. The van der Waals surface area contributed by atoms with Crippen molar-refractivity contribution in [1.82, 2.24) is 10.6 Å². The fraction of sp³-hybridized carbons (Fsp3) is 0.263. The Morgan fingerprint density at radius 3 is 2.71 bits per heavy atom. The molecule has 0 radical (unpaired) electrons. The molecule has 0 aromatic heterocycles. The number of esters is 1. The Labute approximate surface area is 173 Å². The Morgan fingerprint density at radius 1 is 1.39 bits per heavy atom. The van der Waals surface area contributed by atoms with E-state index in [0.29, 0.717) is 18.5 Å². The third-order valence-electron chi connectivity index (χ3n) is 4.00. The molecule has 1 aromatic carbocycles. The molecule has 1 aliphatic rings. The van der Waals surface area contributed by atoms with E-state index in [1.807, 2.05) is 0 Å². The van der Waals surface area contributed by atoms with Gasteiger partial charge in [-0.25, -0.2) is 9.38 Å². The molecule has 0 atom stereocenters. The number of hydrogen-bond acceptors (Lipinski definition) is 6. The van der Waals surface area contributed by atoms with Crippen LogP contribution >= 0.6 is 0 Å². The lowest BCUT2D eigenvalue weighted by Gasteiger charge is -2.13. The maximum atomic E-state index is 13.6. The lowest BCUT2D eigenvalue weighted by molar-refractivity contribution is -0.143. The third-order valence-corrected chi connectivity index (χ3v) is 4.00. The zero-order chi connectivity index (χ0) is 23.2. The van der Waals surface area contributed by atoms with Crippen LogP contribution in [0.1, 0.15) is 18.1 Å². The van der Waals surface area contributed by atoms with Crippen LogP contribution in [0.25, 0.3) is 5.70 Å². The number of halogens is 4. The Hall–Kier alpha value is -3.70. The van der Waals surface area contributed by atoms with E-state index in [2.05, 4.69) is 20.4 Å². The number of aliphatic hydroxyl groups excluding tert-OH is 1. The van der Waals surface area contributed by atoms with Gasteiger partial charge in [0, 0.05) is 11.8 Å². The Balaban J connectivity index is 2.44. The van der Waals surface area contributed by atoms with Crippen LogP contribution in [0.2, 0.25) is 0 Å². The summed E-state index contributed by atoms with van der Waals surface area (Å²) in [6, 6.07) is 2.25. The van der Waals surface area contributed by atoms with Gasteiger partial charge in [-0.1, -0.05) is 0 Å². The molecular formula is C19H18F4N4O4. The normalized spacial score (nSPS) is 15.6. The first-order valence-corrected chi connectivity index (χ1v) is 8.84. The van der Waals surface area contributed by atoms with Crippen molar-refractivity contribution in [2.75, 3.05) is 19.7 Å². The van der Waals surface area contributed by atoms with Gasteiger partial charge in [0.25, 0.3) is 5.91 Å². The SMILES string of the molecule is CCOC(=O)CNC(=O)C1=C(O)C=C(c2ccc(F)c(C(F)(F)F)c2)NCC1=NC=N. The van der Waals surface area contributed by atoms with Gasteiger partial charge >= 0.3 is 12.1 Å². The minimum Gasteiger partial charge on any atom is -0.507 e. The number of carbonyl (C=O) groups is 2. The Bertz CT molecular complexity index is 984. The highest BCUT2D eigenvalue weighted by atomic mass is 19.4. The second-order valence-corrected chi connectivity index (χ2v) is 6.06. The first kappa shape index (κ1) is 23.6. The van der Waals surface area contributed by atoms with E-state index in [4.69, 9.17) is 5.41 Å². The number of ether oxygens (including phenoxy) is 1. The monoisotopic (exact) mass is 442 g/mol. The first-order valence-electron chi connectivity index (χ1n) is 8.84. The average molecular weight is 442 g/mol. The van der Waals surface area contributed by atoms with E-state index in [1.165, 1.54) is 0 Å². The van der Waals surface area contributed by atoms with Crippen LogP contribution in [0.3, 0.4) is 0 Å². The number of benzene rings is 1. The molecule has 4 N–H and O–H groups in total. The largest absolute Gasteiger partial charge is 0.507 e. The maximum absolute atomic E-state index is 13.6. The predicted octanol–water partition coefficient (Wildman–Crippen LogP) is 2.33. The molecule has 8 nitrogen and oxygen atoms in total. The zero-order valence-corrected chi connectivity index (χ0v) is 16.1. The number of rotatable bonds is 6. The van der Waals surface area contributed by atoms with Gasteiger partial charge in [-0.05, 0) is 30.7 Å². The fourth-order valence-corrected chi connectivity index (χ4v) is 2.66. The summed E-state index contributed by atoms with van der Waals surface area (Å²) < 4.78 is 57.3. The number of hydrogen-bond donors (Lipinski definition) is 4. The predicted molar refractivity (Wildman–Crippen MR) is 103 cm³/mol. The van der Waals surface area contributed by atoms with Crippen molar-refractivity contribution in [2.45, 2.75) is 13.1 Å². The Kier molecular flexibility index (Phi) is 7.51. The number of alkyl halides is 3. The lowest BCUT2D eigenvalue weighted by Crippen LogP contribution is -2.36.